The summed E-state index contributed by atoms with van der Waals surface area (Å²) in [5, 5.41) is 9.27. The highest BCUT2D eigenvalue weighted by molar-refractivity contribution is 5.97. The molecular formula is C21H21N3O2. The molecule has 0 radical (unpaired) electrons. The molecule has 2 aromatic carbocycles. The van der Waals surface area contributed by atoms with Crippen molar-refractivity contribution in [3.8, 4) is 6.07 Å². The predicted molar refractivity (Wildman–Crippen MR) is 101 cm³/mol. The Hall–Kier alpha value is -3.13. The highest BCUT2D eigenvalue weighted by Crippen LogP contribution is 2.22. The molecule has 132 valence electrons. The van der Waals surface area contributed by atoms with Crippen LogP contribution in [0, 0.1) is 25.2 Å². The number of carbonyl (C=O) groups is 2. The molecule has 0 aliphatic carbocycles. The average Bonchev–Trinajstić information content (AvgIpc) is 2.68. The third-order valence-corrected chi connectivity index (χ3v) is 4.90. The Kier molecular flexibility index (Phi) is 5.04. The summed E-state index contributed by atoms with van der Waals surface area (Å²) in [6.07, 6.45) is 0.794. The first-order valence-electron chi connectivity index (χ1n) is 8.65. The monoisotopic (exact) mass is 347 g/mol. The number of nitriles is 1. The minimum absolute atomic E-state index is 0.0428. The molecular weight excluding hydrogens is 326 g/mol. The number of benzene rings is 2. The number of anilines is 1. The van der Waals surface area contributed by atoms with Gasteiger partial charge in [-0.3, -0.25) is 9.59 Å². The van der Waals surface area contributed by atoms with Gasteiger partial charge < -0.3 is 9.80 Å². The molecule has 26 heavy (non-hydrogen) atoms. The van der Waals surface area contributed by atoms with Crippen LogP contribution in [0.2, 0.25) is 0 Å². The van der Waals surface area contributed by atoms with Gasteiger partial charge in [0.05, 0.1) is 11.3 Å². The van der Waals surface area contributed by atoms with E-state index in [1.807, 2.05) is 49.1 Å². The van der Waals surface area contributed by atoms with Crippen molar-refractivity contribution >= 4 is 17.9 Å². The zero-order valence-corrected chi connectivity index (χ0v) is 15.0. The third-order valence-electron chi connectivity index (χ3n) is 4.90. The van der Waals surface area contributed by atoms with Crippen molar-refractivity contribution in [2.45, 2.75) is 13.8 Å². The van der Waals surface area contributed by atoms with E-state index in [0.717, 1.165) is 23.1 Å². The molecule has 1 heterocycles. The molecule has 1 amide bonds. The molecule has 0 spiro atoms. The van der Waals surface area contributed by atoms with E-state index < -0.39 is 0 Å². The number of hydrogen-bond acceptors (Lipinski definition) is 4. The van der Waals surface area contributed by atoms with Gasteiger partial charge in [0, 0.05) is 37.3 Å². The van der Waals surface area contributed by atoms with E-state index in [9.17, 15) is 14.9 Å². The zero-order valence-electron chi connectivity index (χ0n) is 15.0. The van der Waals surface area contributed by atoms with Gasteiger partial charge >= 0.3 is 0 Å². The number of carbonyl (C=O) groups excluding carboxylic acids is 2. The number of aldehydes is 1. The summed E-state index contributed by atoms with van der Waals surface area (Å²) >= 11 is 0. The lowest BCUT2D eigenvalue weighted by molar-refractivity contribution is 0.0746. The highest BCUT2D eigenvalue weighted by Gasteiger charge is 2.24. The smallest absolute Gasteiger partial charge is 0.254 e. The van der Waals surface area contributed by atoms with Crippen LogP contribution in [0.4, 0.5) is 5.69 Å². The number of piperazine rings is 1. The summed E-state index contributed by atoms with van der Waals surface area (Å²) in [6, 6.07) is 13.3. The molecule has 3 rings (SSSR count). The summed E-state index contributed by atoms with van der Waals surface area (Å²) < 4.78 is 0. The van der Waals surface area contributed by atoms with Gasteiger partial charge in [0.1, 0.15) is 12.4 Å². The third kappa shape index (κ3) is 3.31. The largest absolute Gasteiger partial charge is 0.367 e. The molecule has 0 atom stereocenters. The number of aryl methyl sites for hydroxylation is 2. The molecule has 5 heteroatoms. The van der Waals surface area contributed by atoms with Crippen LogP contribution in [0.15, 0.2) is 36.4 Å². The number of nitrogens with zero attached hydrogens (tertiary/aromatic N) is 3. The van der Waals surface area contributed by atoms with Crippen LogP contribution in [-0.4, -0.2) is 43.3 Å². The molecule has 0 bridgehead atoms. The van der Waals surface area contributed by atoms with Crippen molar-refractivity contribution in [1.29, 1.82) is 5.26 Å². The van der Waals surface area contributed by atoms with E-state index in [1.165, 1.54) is 0 Å². The van der Waals surface area contributed by atoms with E-state index in [1.54, 1.807) is 6.07 Å². The van der Waals surface area contributed by atoms with Gasteiger partial charge in [-0.1, -0.05) is 18.2 Å². The normalized spacial score (nSPS) is 14.0. The Morgan fingerprint density at radius 1 is 1.08 bits per heavy atom. The first kappa shape index (κ1) is 17.7. The lowest BCUT2D eigenvalue weighted by Crippen LogP contribution is -2.49. The Bertz CT molecular complexity index is 891. The van der Waals surface area contributed by atoms with Gasteiger partial charge in [-0.25, -0.2) is 0 Å². The molecule has 2 aromatic rings. The standard InChI is InChI=1S/C21H21N3O2/c1-15-11-16(2)19(12-18(15)14-25)21(26)24-9-7-23(8-10-24)20-6-4-3-5-17(20)13-22/h3-6,11-12,14H,7-10H2,1-2H3. The molecule has 0 saturated carbocycles. The highest BCUT2D eigenvalue weighted by atomic mass is 16.2. The lowest BCUT2D eigenvalue weighted by atomic mass is 9.99. The fourth-order valence-corrected chi connectivity index (χ4v) is 3.39. The molecule has 1 fully saturated rings. The van der Waals surface area contributed by atoms with E-state index in [-0.39, 0.29) is 5.91 Å². The van der Waals surface area contributed by atoms with E-state index in [4.69, 9.17) is 0 Å². The van der Waals surface area contributed by atoms with Crippen LogP contribution in [0.5, 0.6) is 0 Å². The average molecular weight is 347 g/mol. The van der Waals surface area contributed by atoms with Gasteiger partial charge in [-0.2, -0.15) is 5.26 Å². The molecule has 0 unspecified atom stereocenters. The second kappa shape index (κ2) is 7.40. The second-order valence-electron chi connectivity index (χ2n) is 6.55. The maximum atomic E-state index is 12.9. The zero-order chi connectivity index (χ0) is 18.7. The SMILES string of the molecule is Cc1cc(C)c(C(=O)N2CCN(c3ccccc3C#N)CC2)cc1C=O. The van der Waals surface area contributed by atoms with Gasteiger partial charge in [0.15, 0.2) is 0 Å². The van der Waals surface area contributed by atoms with Crippen LogP contribution in [0.25, 0.3) is 0 Å². The first-order chi connectivity index (χ1) is 12.5. The Labute approximate surface area is 153 Å². The number of rotatable bonds is 3. The summed E-state index contributed by atoms with van der Waals surface area (Å²) in [4.78, 5) is 28.1. The Morgan fingerprint density at radius 2 is 1.77 bits per heavy atom. The van der Waals surface area contributed by atoms with Crippen molar-refractivity contribution in [2.75, 3.05) is 31.1 Å². The van der Waals surface area contributed by atoms with Crippen molar-refractivity contribution in [3.63, 3.8) is 0 Å². The minimum Gasteiger partial charge on any atom is -0.367 e. The number of para-hydroxylation sites is 1. The molecule has 1 aliphatic rings. The first-order valence-corrected chi connectivity index (χ1v) is 8.65. The van der Waals surface area contributed by atoms with Crippen molar-refractivity contribution < 1.29 is 9.59 Å². The summed E-state index contributed by atoms with van der Waals surface area (Å²) in [6.45, 7) is 6.29. The second-order valence-corrected chi connectivity index (χ2v) is 6.55. The van der Waals surface area contributed by atoms with Crippen molar-refractivity contribution in [2.24, 2.45) is 0 Å². The van der Waals surface area contributed by atoms with Crippen LogP contribution in [0.1, 0.15) is 37.4 Å². The summed E-state index contributed by atoms with van der Waals surface area (Å²) in [7, 11) is 0. The topological polar surface area (TPSA) is 64.4 Å². The Balaban J connectivity index is 1.75. The van der Waals surface area contributed by atoms with Gasteiger partial charge in [-0.05, 0) is 43.2 Å². The van der Waals surface area contributed by atoms with E-state index in [0.29, 0.717) is 42.9 Å². The fraction of sp³-hybridized carbons (Fsp3) is 0.286. The summed E-state index contributed by atoms with van der Waals surface area (Å²) in [5.74, 6) is -0.0428. The predicted octanol–water partition coefficient (Wildman–Crippen LogP) is 2.95. The fourth-order valence-electron chi connectivity index (χ4n) is 3.39. The molecule has 1 aliphatic heterocycles. The van der Waals surface area contributed by atoms with Crippen LogP contribution in [-0.2, 0) is 0 Å². The molecule has 0 aromatic heterocycles. The van der Waals surface area contributed by atoms with Gasteiger partial charge in [0.25, 0.3) is 5.91 Å². The van der Waals surface area contributed by atoms with Gasteiger partial charge in [0.2, 0.25) is 0 Å². The van der Waals surface area contributed by atoms with Crippen LogP contribution < -0.4 is 4.90 Å². The molecule has 5 nitrogen and oxygen atoms in total. The van der Waals surface area contributed by atoms with E-state index >= 15 is 0 Å². The van der Waals surface area contributed by atoms with E-state index in [2.05, 4.69) is 11.0 Å². The van der Waals surface area contributed by atoms with Crippen LogP contribution >= 0.6 is 0 Å². The van der Waals surface area contributed by atoms with Crippen LogP contribution in [0.3, 0.4) is 0 Å². The quantitative estimate of drug-likeness (QED) is 0.801. The maximum absolute atomic E-state index is 12.9. The maximum Gasteiger partial charge on any atom is 0.254 e. The molecule has 1 saturated heterocycles. The van der Waals surface area contributed by atoms with Gasteiger partial charge in [-0.15, -0.1) is 0 Å². The molecule has 0 N–H and O–H groups in total. The Morgan fingerprint density at radius 3 is 2.42 bits per heavy atom. The minimum atomic E-state index is -0.0428. The van der Waals surface area contributed by atoms with Crippen molar-refractivity contribution in [3.05, 3.63) is 64.2 Å². The number of amides is 1. The summed E-state index contributed by atoms with van der Waals surface area (Å²) in [5.41, 5.74) is 4.47. The van der Waals surface area contributed by atoms with Crippen molar-refractivity contribution in [1.82, 2.24) is 4.90 Å². The number of hydrogen-bond donors (Lipinski definition) is 0. The lowest BCUT2D eigenvalue weighted by Gasteiger charge is -2.36.